The summed E-state index contributed by atoms with van der Waals surface area (Å²) in [6.07, 6.45) is 5.39. The highest BCUT2D eigenvalue weighted by molar-refractivity contribution is 9.10. The van der Waals surface area contributed by atoms with Crippen LogP contribution in [0, 0.1) is 0 Å². The van der Waals surface area contributed by atoms with Gasteiger partial charge in [-0.2, -0.15) is 0 Å². The summed E-state index contributed by atoms with van der Waals surface area (Å²) >= 11 is 3.46. The first-order chi connectivity index (χ1) is 14.2. The minimum atomic E-state index is -0.104. The van der Waals surface area contributed by atoms with Gasteiger partial charge in [-0.15, -0.1) is 0 Å². The molecule has 0 aliphatic carbocycles. The molecule has 0 amide bonds. The van der Waals surface area contributed by atoms with Gasteiger partial charge in [-0.1, -0.05) is 34.1 Å². The average Bonchev–Trinajstić information content (AvgIpc) is 3.05. The van der Waals surface area contributed by atoms with Crippen LogP contribution in [0.25, 0.3) is 6.08 Å². The Labute approximate surface area is 176 Å². The Morgan fingerprint density at radius 2 is 2.10 bits per heavy atom. The quantitative estimate of drug-likeness (QED) is 0.538. The third kappa shape index (κ3) is 3.57. The lowest BCUT2D eigenvalue weighted by atomic mass is 10.0. The predicted molar refractivity (Wildman–Crippen MR) is 112 cm³/mol. The number of ether oxygens (including phenoxy) is 2. The van der Waals surface area contributed by atoms with Crippen molar-refractivity contribution in [3.63, 3.8) is 0 Å². The van der Waals surface area contributed by atoms with Crippen molar-refractivity contribution in [1.29, 1.82) is 0 Å². The normalized spacial score (nSPS) is 16.9. The molecule has 6 heteroatoms. The number of ketones is 1. The predicted octanol–water partition coefficient (Wildman–Crippen LogP) is 4.81. The fourth-order valence-electron chi connectivity index (χ4n) is 3.60. The summed E-state index contributed by atoms with van der Waals surface area (Å²) in [6, 6.07) is 15.4. The third-order valence-electron chi connectivity index (χ3n) is 4.96. The molecule has 29 heavy (non-hydrogen) atoms. The number of rotatable bonds is 3. The highest BCUT2D eigenvalue weighted by Crippen LogP contribution is 2.42. The number of hydrogen-bond acceptors (Lipinski definition) is 5. The first-order valence-electron chi connectivity index (χ1n) is 9.27. The molecule has 5 rings (SSSR count). The van der Waals surface area contributed by atoms with E-state index in [0.29, 0.717) is 36.9 Å². The van der Waals surface area contributed by atoms with Gasteiger partial charge >= 0.3 is 0 Å². The Morgan fingerprint density at radius 3 is 2.93 bits per heavy atom. The lowest BCUT2D eigenvalue weighted by Crippen LogP contribution is -2.31. The van der Waals surface area contributed by atoms with E-state index in [1.165, 1.54) is 0 Å². The number of halogens is 1. The molecule has 1 aromatic heterocycles. The first kappa shape index (κ1) is 18.1. The summed E-state index contributed by atoms with van der Waals surface area (Å²) in [6.45, 7) is 1.84. The minimum absolute atomic E-state index is 0.104. The topological polar surface area (TPSA) is 51.7 Å². The van der Waals surface area contributed by atoms with Gasteiger partial charge in [0.1, 0.15) is 18.2 Å². The summed E-state index contributed by atoms with van der Waals surface area (Å²) in [7, 11) is 0. The molecule has 0 atom stereocenters. The zero-order chi connectivity index (χ0) is 19.8. The zero-order valence-electron chi connectivity index (χ0n) is 15.5. The number of fused-ring (bicyclic) bond motifs is 3. The molecular weight excluding hydrogens is 432 g/mol. The monoisotopic (exact) mass is 448 g/mol. The molecule has 0 saturated heterocycles. The molecular formula is C23H17BrN2O3. The van der Waals surface area contributed by atoms with Gasteiger partial charge in [0.05, 0.1) is 11.1 Å². The molecule has 2 aliphatic heterocycles. The number of allylic oxidation sites excluding steroid dienone is 1. The van der Waals surface area contributed by atoms with Gasteiger partial charge in [0.15, 0.2) is 5.76 Å². The number of carbonyl (C=O) groups excluding carboxylic acids is 1. The maximum absolute atomic E-state index is 12.9. The van der Waals surface area contributed by atoms with E-state index in [1.54, 1.807) is 18.3 Å². The van der Waals surface area contributed by atoms with E-state index in [0.717, 1.165) is 26.9 Å². The van der Waals surface area contributed by atoms with Gasteiger partial charge in [0.2, 0.25) is 5.78 Å². The molecule has 144 valence electrons. The lowest BCUT2D eigenvalue weighted by Gasteiger charge is -2.29. The summed E-state index contributed by atoms with van der Waals surface area (Å²) in [5.74, 6) is 1.59. The Bertz CT molecular complexity index is 1130. The van der Waals surface area contributed by atoms with Crippen LogP contribution in [0.1, 0.15) is 27.0 Å². The summed E-state index contributed by atoms with van der Waals surface area (Å²) in [5.41, 5.74) is 3.50. The van der Waals surface area contributed by atoms with Crippen molar-refractivity contribution in [2.75, 3.05) is 6.73 Å². The Balaban J connectivity index is 1.44. The number of benzene rings is 2. The molecule has 0 N–H and O–H groups in total. The first-order valence-corrected chi connectivity index (χ1v) is 10.1. The second kappa shape index (κ2) is 7.46. The van der Waals surface area contributed by atoms with Crippen molar-refractivity contribution in [3.05, 3.63) is 93.4 Å². The number of aromatic nitrogens is 1. The van der Waals surface area contributed by atoms with Crippen LogP contribution in [0.15, 0.2) is 71.2 Å². The minimum Gasteiger partial charge on any atom is -0.478 e. The van der Waals surface area contributed by atoms with Crippen molar-refractivity contribution in [1.82, 2.24) is 9.88 Å². The molecule has 0 radical (unpaired) electrons. The summed E-state index contributed by atoms with van der Waals surface area (Å²) in [4.78, 5) is 19.2. The lowest BCUT2D eigenvalue weighted by molar-refractivity contribution is 0.0872. The Morgan fingerprint density at radius 1 is 1.17 bits per heavy atom. The number of hydrogen-bond donors (Lipinski definition) is 0. The van der Waals surface area contributed by atoms with Crippen molar-refractivity contribution in [2.24, 2.45) is 0 Å². The van der Waals surface area contributed by atoms with Crippen LogP contribution in [0.3, 0.4) is 0 Å². The number of pyridine rings is 1. The zero-order valence-corrected chi connectivity index (χ0v) is 17.1. The van der Waals surface area contributed by atoms with Gasteiger partial charge in [-0.25, -0.2) is 0 Å². The SMILES string of the molecule is O=C1C(=Cc2cccc(Br)c2)Oc2c1ccc1c2CN(Cc2cccnc2)CO1. The number of Topliss-reactive ketones (excluding diaryl/α,β-unsaturated/α-hetero) is 1. The summed E-state index contributed by atoms with van der Waals surface area (Å²) in [5, 5.41) is 0. The molecule has 0 bridgehead atoms. The Hall–Kier alpha value is -2.96. The molecule has 0 fully saturated rings. The molecule has 3 aromatic rings. The maximum atomic E-state index is 12.9. The van der Waals surface area contributed by atoms with E-state index in [9.17, 15) is 4.79 Å². The highest BCUT2D eigenvalue weighted by atomic mass is 79.9. The van der Waals surface area contributed by atoms with Gasteiger partial charge in [-0.3, -0.25) is 14.7 Å². The van der Waals surface area contributed by atoms with E-state index in [4.69, 9.17) is 9.47 Å². The fourth-order valence-corrected chi connectivity index (χ4v) is 4.02. The molecule has 2 aliphatic rings. The van der Waals surface area contributed by atoms with Gasteiger partial charge < -0.3 is 9.47 Å². The summed E-state index contributed by atoms with van der Waals surface area (Å²) < 4.78 is 12.9. The average molecular weight is 449 g/mol. The van der Waals surface area contributed by atoms with Crippen molar-refractivity contribution in [3.8, 4) is 11.5 Å². The van der Waals surface area contributed by atoms with E-state index >= 15 is 0 Å². The standard InChI is InChI=1S/C23H17BrN2O3/c24-17-5-1-3-15(9-17)10-21-22(27)18-6-7-20-19(23(18)29-21)13-26(14-28-20)12-16-4-2-8-25-11-16/h1-11H,12-14H2. The second-order valence-corrected chi connectivity index (χ2v) is 7.95. The van der Waals surface area contributed by atoms with Crippen molar-refractivity contribution >= 4 is 27.8 Å². The van der Waals surface area contributed by atoms with E-state index in [1.807, 2.05) is 48.7 Å². The molecule has 0 spiro atoms. The fraction of sp³-hybridized carbons (Fsp3) is 0.130. The molecule has 3 heterocycles. The van der Waals surface area contributed by atoms with Crippen LogP contribution >= 0.6 is 15.9 Å². The van der Waals surface area contributed by atoms with Crippen LogP contribution in [0.2, 0.25) is 0 Å². The van der Waals surface area contributed by atoms with Crippen molar-refractivity contribution < 1.29 is 14.3 Å². The molecule has 2 aromatic carbocycles. The molecule has 0 unspecified atom stereocenters. The van der Waals surface area contributed by atoms with Crippen LogP contribution in [-0.4, -0.2) is 22.4 Å². The largest absolute Gasteiger partial charge is 0.478 e. The van der Waals surface area contributed by atoms with Crippen LogP contribution in [-0.2, 0) is 13.1 Å². The highest BCUT2D eigenvalue weighted by Gasteiger charge is 2.33. The van der Waals surface area contributed by atoms with Gasteiger partial charge in [0.25, 0.3) is 0 Å². The van der Waals surface area contributed by atoms with Crippen molar-refractivity contribution in [2.45, 2.75) is 13.1 Å². The van der Waals surface area contributed by atoms with E-state index in [-0.39, 0.29) is 5.78 Å². The van der Waals surface area contributed by atoms with E-state index in [2.05, 4.69) is 25.8 Å². The Kier molecular flexibility index (Phi) is 4.66. The van der Waals surface area contributed by atoms with Gasteiger partial charge in [-0.05, 0) is 47.5 Å². The van der Waals surface area contributed by atoms with E-state index < -0.39 is 0 Å². The second-order valence-electron chi connectivity index (χ2n) is 7.04. The van der Waals surface area contributed by atoms with Crippen LogP contribution in [0.5, 0.6) is 11.5 Å². The van der Waals surface area contributed by atoms with Gasteiger partial charge in [0, 0.05) is 30.0 Å². The van der Waals surface area contributed by atoms with Crippen LogP contribution in [0.4, 0.5) is 0 Å². The molecule has 0 saturated carbocycles. The third-order valence-corrected chi connectivity index (χ3v) is 5.45. The number of nitrogens with zero attached hydrogens (tertiary/aromatic N) is 2. The smallest absolute Gasteiger partial charge is 0.231 e. The molecule has 5 nitrogen and oxygen atoms in total. The number of carbonyl (C=O) groups is 1. The van der Waals surface area contributed by atoms with Crippen LogP contribution < -0.4 is 9.47 Å². The maximum Gasteiger partial charge on any atom is 0.231 e.